The van der Waals surface area contributed by atoms with Gasteiger partial charge in [-0.3, -0.25) is 0 Å². The van der Waals surface area contributed by atoms with Crippen molar-refractivity contribution in [2.45, 2.75) is 0 Å². The van der Waals surface area contributed by atoms with E-state index in [9.17, 15) is 0 Å². The van der Waals surface area contributed by atoms with Gasteiger partial charge in [0.15, 0.2) is 0 Å². The van der Waals surface area contributed by atoms with Crippen molar-refractivity contribution >= 4 is 77.0 Å². The average molecular weight is 643 g/mol. The second-order valence-corrected chi connectivity index (χ2v) is 129. The van der Waals surface area contributed by atoms with Crippen LogP contribution in [-0.2, 0) is 0 Å². The molecule has 0 radical (unpaired) electrons. The molecule has 0 aromatic rings. The predicted octanol–water partition coefficient (Wildman–Crippen LogP) is 3.32. The third kappa shape index (κ3) is 25.3. The van der Waals surface area contributed by atoms with Gasteiger partial charge in [-0.25, -0.2) is 0 Å². The van der Waals surface area contributed by atoms with Crippen LogP contribution in [0.3, 0.4) is 0 Å². The average Bonchev–Trinajstić information content (AvgIpc) is 0.722. The molecule has 0 spiro atoms. The Balaban J connectivity index is 0. The first kappa shape index (κ1) is 12.4. The van der Waals surface area contributed by atoms with Gasteiger partial charge in [-0.15, -0.1) is 0 Å². The third-order valence-electron chi connectivity index (χ3n) is 0. The summed E-state index contributed by atoms with van der Waals surface area (Å²) in [6.07, 6.45) is 0. The fourth-order valence-electron chi connectivity index (χ4n) is 0. The van der Waals surface area contributed by atoms with Crippen LogP contribution in [0.4, 0.5) is 0 Å². The molecule has 0 unspecified atom stereocenters. The Bertz CT molecular complexity index is 23.0. The molecule has 0 aliphatic rings. The maximum atomic E-state index is 2.55. The summed E-state index contributed by atoms with van der Waals surface area (Å²) in [6.45, 7) is 0. The van der Waals surface area contributed by atoms with Crippen LogP contribution in [0.5, 0.6) is 0 Å². The SMILES string of the molecule is N.[I][Sn]([I])([I])[I]. The van der Waals surface area contributed by atoms with E-state index in [1.54, 1.807) is 0 Å². The van der Waals surface area contributed by atoms with Gasteiger partial charge in [-0.05, 0) is 0 Å². The Kier molecular flexibility index (Phi) is 11.3. The zero-order chi connectivity index (χ0) is 4.50. The molecule has 0 aromatic heterocycles. The Labute approximate surface area is 80.4 Å². The Hall–Kier alpha value is 3.68. The van der Waals surface area contributed by atoms with E-state index in [0.29, 0.717) is 0 Å². The van der Waals surface area contributed by atoms with Crippen LogP contribution in [0, 0.1) is 0 Å². The maximum absolute atomic E-state index is 2.55. The summed E-state index contributed by atoms with van der Waals surface area (Å²) < 4.78 is -1.30. The van der Waals surface area contributed by atoms with Gasteiger partial charge in [0.05, 0.1) is 0 Å². The first-order valence-electron chi connectivity index (χ1n) is 0.756. The van der Waals surface area contributed by atoms with Crippen LogP contribution in [0.2, 0.25) is 0 Å². The van der Waals surface area contributed by atoms with Gasteiger partial charge in [0.25, 0.3) is 0 Å². The van der Waals surface area contributed by atoms with Crippen LogP contribution in [0.15, 0.2) is 0 Å². The van der Waals surface area contributed by atoms with Gasteiger partial charge in [0.1, 0.15) is 0 Å². The molecule has 0 atom stereocenters. The molecule has 6 heavy (non-hydrogen) atoms. The second-order valence-electron chi connectivity index (χ2n) is 0.429. The molecular weight excluding hydrogens is 640 g/mol. The van der Waals surface area contributed by atoms with E-state index < -0.39 is 2.50 Å². The number of hydrogen-bond acceptors (Lipinski definition) is 1. The molecule has 0 aliphatic carbocycles. The molecule has 1 nitrogen and oxygen atoms in total. The number of hydrogen-bond donors (Lipinski definition) is 1. The van der Waals surface area contributed by atoms with Crippen LogP contribution in [0.25, 0.3) is 0 Å². The van der Waals surface area contributed by atoms with Gasteiger partial charge >= 0.3 is 77.0 Å². The molecule has 0 amide bonds. The summed E-state index contributed by atoms with van der Waals surface area (Å²) >= 11 is 10.2. The fraction of sp³-hybridized carbons (Fsp3) is 0. The second kappa shape index (κ2) is 5.46. The Morgan fingerprint density at radius 1 is 0.833 bits per heavy atom. The monoisotopic (exact) mass is 645 g/mol. The molecule has 0 saturated carbocycles. The minimum absolute atomic E-state index is 0. The van der Waals surface area contributed by atoms with E-state index in [0.717, 1.165) is 0 Å². The van der Waals surface area contributed by atoms with Gasteiger partial charge in [0, 0.05) is 0 Å². The normalized spacial score (nSPS) is 10.0. The fourth-order valence-corrected chi connectivity index (χ4v) is 0. The van der Waals surface area contributed by atoms with Crippen molar-refractivity contribution in [3.63, 3.8) is 0 Å². The standard InChI is InChI=1S/4HI.H3N.Sn/h4*1H;1H3;/q;;;;;+4/p-4. The molecule has 0 bridgehead atoms. The molecule has 0 aliphatic heterocycles. The van der Waals surface area contributed by atoms with Crippen LogP contribution >= 0.6 is 74.5 Å². The molecular formula is H3I4NSn. The molecule has 6 heteroatoms. The summed E-state index contributed by atoms with van der Waals surface area (Å²) in [5, 5.41) is 0. The van der Waals surface area contributed by atoms with Gasteiger partial charge in [-0.2, -0.15) is 0 Å². The Morgan fingerprint density at radius 2 is 0.833 bits per heavy atom. The predicted molar refractivity (Wildman–Crippen MR) is 66.9 cm³/mol. The van der Waals surface area contributed by atoms with Crippen LogP contribution < -0.4 is 6.15 Å². The minimum atomic E-state index is -1.30. The summed E-state index contributed by atoms with van der Waals surface area (Å²) in [5.74, 6) is 0. The molecule has 0 aromatic carbocycles. The Morgan fingerprint density at radius 3 is 0.833 bits per heavy atom. The summed E-state index contributed by atoms with van der Waals surface area (Å²) in [5.41, 5.74) is 0. The number of rotatable bonds is 0. The summed E-state index contributed by atoms with van der Waals surface area (Å²) in [7, 11) is 0. The van der Waals surface area contributed by atoms with E-state index in [4.69, 9.17) is 0 Å². The zero-order valence-electron chi connectivity index (χ0n) is 2.72. The first-order chi connectivity index (χ1) is 2.00. The summed E-state index contributed by atoms with van der Waals surface area (Å²) in [4.78, 5) is 0. The molecule has 40 valence electrons. The van der Waals surface area contributed by atoms with Crippen LogP contribution in [-0.4, -0.2) is 2.50 Å². The van der Waals surface area contributed by atoms with Crippen LogP contribution in [0.1, 0.15) is 0 Å². The third-order valence-corrected chi connectivity index (χ3v) is 0. The van der Waals surface area contributed by atoms with Gasteiger partial charge in [-0.1, -0.05) is 0 Å². The van der Waals surface area contributed by atoms with Crippen molar-refractivity contribution < 1.29 is 0 Å². The van der Waals surface area contributed by atoms with Crippen molar-refractivity contribution in [2.24, 2.45) is 0 Å². The molecule has 3 N–H and O–H groups in total. The van der Waals surface area contributed by atoms with E-state index in [1.165, 1.54) is 0 Å². The van der Waals surface area contributed by atoms with E-state index in [1.807, 2.05) is 0 Å². The number of halogens is 4. The quantitative estimate of drug-likeness (QED) is 0.320. The van der Waals surface area contributed by atoms with Crippen molar-refractivity contribution in [3.05, 3.63) is 0 Å². The van der Waals surface area contributed by atoms with Crippen molar-refractivity contribution in [2.75, 3.05) is 0 Å². The van der Waals surface area contributed by atoms with E-state index in [2.05, 4.69) is 74.5 Å². The topological polar surface area (TPSA) is 35.0 Å². The molecule has 0 heterocycles. The molecule has 0 rings (SSSR count). The van der Waals surface area contributed by atoms with Gasteiger partial charge < -0.3 is 6.15 Å². The van der Waals surface area contributed by atoms with E-state index in [-0.39, 0.29) is 6.15 Å². The van der Waals surface area contributed by atoms with E-state index >= 15 is 0 Å². The molecule has 0 fully saturated rings. The van der Waals surface area contributed by atoms with Crippen molar-refractivity contribution in [1.29, 1.82) is 0 Å². The van der Waals surface area contributed by atoms with Crippen molar-refractivity contribution in [1.82, 2.24) is 6.15 Å². The summed E-state index contributed by atoms with van der Waals surface area (Å²) in [6, 6.07) is 0. The van der Waals surface area contributed by atoms with Crippen molar-refractivity contribution in [3.8, 4) is 0 Å². The zero-order valence-corrected chi connectivity index (χ0v) is 14.2. The molecule has 0 saturated heterocycles. The van der Waals surface area contributed by atoms with Gasteiger partial charge in [0.2, 0.25) is 0 Å². The first-order valence-corrected chi connectivity index (χ1v) is 34.0.